The summed E-state index contributed by atoms with van der Waals surface area (Å²) in [6, 6.07) is 5.89. The molecule has 7 nitrogen and oxygen atoms in total. The van der Waals surface area contributed by atoms with Crippen LogP contribution in [-0.4, -0.2) is 59.2 Å². The summed E-state index contributed by atoms with van der Waals surface area (Å²) in [7, 11) is 3.99. The molecular weight excluding hydrogens is 417 g/mol. The van der Waals surface area contributed by atoms with E-state index in [2.05, 4.69) is 37.8 Å². The first-order valence-corrected chi connectivity index (χ1v) is 8.18. The standard InChI is InChI=1S/C16H25N7.HI/c1-17-16(18-10-13-6-5-8-22(2)12-13)19-11-15-21-20-14-7-3-4-9-23(14)15;/h3-4,7,9,13H,5-6,8,10-12H2,1-2H3,(H2,17,18,19);1H. The number of pyridine rings is 1. The lowest BCUT2D eigenvalue weighted by atomic mass is 9.99. The van der Waals surface area contributed by atoms with Crippen LogP contribution in [0.4, 0.5) is 0 Å². The lowest BCUT2D eigenvalue weighted by Crippen LogP contribution is -2.43. The summed E-state index contributed by atoms with van der Waals surface area (Å²) in [5.74, 6) is 2.37. The minimum absolute atomic E-state index is 0. The number of hydrogen-bond donors (Lipinski definition) is 2. The quantitative estimate of drug-likeness (QED) is 0.424. The molecule has 2 aromatic rings. The van der Waals surface area contributed by atoms with Crippen LogP contribution in [0, 0.1) is 5.92 Å². The van der Waals surface area contributed by atoms with Crippen LogP contribution in [0.15, 0.2) is 29.4 Å². The van der Waals surface area contributed by atoms with Gasteiger partial charge in [-0.2, -0.15) is 0 Å². The Morgan fingerprint density at radius 1 is 1.33 bits per heavy atom. The van der Waals surface area contributed by atoms with Gasteiger partial charge in [-0.05, 0) is 44.5 Å². The monoisotopic (exact) mass is 443 g/mol. The van der Waals surface area contributed by atoms with Crippen molar-refractivity contribution >= 4 is 35.6 Å². The van der Waals surface area contributed by atoms with Gasteiger partial charge in [0.1, 0.15) is 0 Å². The summed E-state index contributed by atoms with van der Waals surface area (Å²) in [6.07, 6.45) is 4.53. The van der Waals surface area contributed by atoms with Gasteiger partial charge in [-0.3, -0.25) is 9.39 Å². The van der Waals surface area contributed by atoms with Crippen molar-refractivity contribution in [1.82, 2.24) is 30.1 Å². The van der Waals surface area contributed by atoms with Crippen molar-refractivity contribution in [3.05, 3.63) is 30.2 Å². The third-order valence-electron chi connectivity index (χ3n) is 4.30. The Morgan fingerprint density at radius 3 is 3.00 bits per heavy atom. The van der Waals surface area contributed by atoms with Gasteiger partial charge >= 0.3 is 0 Å². The Bertz CT molecular complexity index is 669. The number of nitrogens with zero attached hydrogens (tertiary/aromatic N) is 5. The fourth-order valence-corrected chi connectivity index (χ4v) is 3.08. The Labute approximate surface area is 159 Å². The van der Waals surface area contributed by atoms with E-state index in [0.717, 1.165) is 30.5 Å². The maximum atomic E-state index is 4.29. The topological polar surface area (TPSA) is 69.8 Å². The smallest absolute Gasteiger partial charge is 0.191 e. The largest absolute Gasteiger partial charge is 0.356 e. The van der Waals surface area contributed by atoms with E-state index in [4.69, 9.17) is 0 Å². The molecule has 1 fully saturated rings. The number of rotatable bonds is 4. The van der Waals surface area contributed by atoms with Crippen LogP contribution in [-0.2, 0) is 6.54 Å². The first kappa shape index (κ1) is 18.9. The molecule has 1 unspecified atom stereocenters. The Hall–Kier alpha value is -1.42. The molecule has 132 valence electrons. The highest BCUT2D eigenvalue weighted by molar-refractivity contribution is 14.0. The Balaban J connectivity index is 0.00000208. The van der Waals surface area contributed by atoms with Gasteiger partial charge in [-0.1, -0.05) is 6.07 Å². The molecule has 0 aliphatic carbocycles. The van der Waals surface area contributed by atoms with Crippen molar-refractivity contribution in [3.63, 3.8) is 0 Å². The first-order chi connectivity index (χ1) is 11.3. The van der Waals surface area contributed by atoms with E-state index in [0.29, 0.717) is 12.5 Å². The van der Waals surface area contributed by atoms with Crippen molar-refractivity contribution in [2.45, 2.75) is 19.4 Å². The summed E-state index contributed by atoms with van der Waals surface area (Å²) >= 11 is 0. The second-order valence-electron chi connectivity index (χ2n) is 6.12. The third kappa shape index (κ3) is 4.79. The van der Waals surface area contributed by atoms with Gasteiger partial charge in [0.2, 0.25) is 0 Å². The zero-order chi connectivity index (χ0) is 16.1. The van der Waals surface area contributed by atoms with E-state index >= 15 is 0 Å². The molecule has 1 aliphatic rings. The highest BCUT2D eigenvalue weighted by Crippen LogP contribution is 2.13. The van der Waals surface area contributed by atoms with Gasteiger partial charge in [0.15, 0.2) is 17.4 Å². The maximum Gasteiger partial charge on any atom is 0.191 e. The highest BCUT2D eigenvalue weighted by Gasteiger charge is 2.17. The molecule has 1 saturated heterocycles. The van der Waals surface area contributed by atoms with Crippen LogP contribution in [0.2, 0.25) is 0 Å². The number of guanidine groups is 1. The number of nitrogens with one attached hydrogen (secondary N) is 2. The van der Waals surface area contributed by atoms with Gasteiger partial charge < -0.3 is 15.5 Å². The van der Waals surface area contributed by atoms with Crippen molar-refractivity contribution in [1.29, 1.82) is 0 Å². The lowest BCUT2D eigenvalue weighted by molar-refractivity contribution is 0.210. The fourth-order valence-electron chi connectivity index (χ4n) is 3.08. The van der Waals surface area contributed by atoms with Crippen LogP contribution in [0.3, 0.4) is 0 Å². The number of likely N-dealkylation sites (tertiary alicyclic amines) is 1. The summed E-state index contributed by atoms with van der Waals surface area (Å²) in [6.45, 7) is 3.91. The summed E-state index contributed by atoms with van der Waals surface area (Å²) < 4.78 is 1.98. The molecule has 1 aliphatic heterocycles. The molecule has 2 aromatic heterocycles. The van der Waals surface area contributed by atoms with Crippen LogP contribution in [0.1, 0.15) is 18.7 Å². The van der Waals surface area contributed by atoms with E-state index in [-0.39, 0.29) is 24.0 Å². The predicted molar refractivity (Wildman–Crippen MR) is 107 cm³/mol. The van der Waals surface area contributed by atoms with E-state index in [1.165, 1.54) is 19.4 Å². The zero-order valence-electron chi connectivity index (χ0n) is 14.3. The van der Waals surface area contributed by atoms with Gasteiger partial charge in [-0.25, -0.2) is 0 Å². The second-order valence-corrected chi connectivity index (χ2v) is 6.12. The van der Waals surface area contributed by atoms with Crippen molar-refractivity contribution in [3.8, 4) is 0 Å². The van der Waals surface area contributed by atoms with Gasteiger partial charge in [0.25, 0.3) is 0 Å². The van der Waals surface area contributed by atoms with Crippen molar-refractivity contribution < 1.29 is 0 Å². The molecule has 0 amide bonds. The molecule has 3 heterocycles. The molecule has 3 rings (SSSR count). The minimum atomic E-state index is 0. The molecular formula is C16H26IN7. The van der Waals surface area contributed by atoms with Gasteiger partial charge in [0, 0.05) is 26.3 Å². The third-order valence-corrected chi connectivity index (χ3v) is 4.30. The average Bonchev–Trinajstić information content (AvgIpc) is 2.98. The van der Waals surface area contributed by atoms with Gasteiger partial charge in [0.05, 0.1) is 6.54 Å². The SMILES string of the molecule is CN=C(NCc1nnc2ccccn12)NCC1CCCN(C)C1.I. The van der Waals surface area contributed by atoms with Crippen molar-refractivity contribution in [2.75, 3.05) is 33.7 Å². The zero-order valence-corrected chi connectivity index (χ0v) is 16.6. The van der Waals surface area contributed by atoms with Crippen LogP contribution in [0.25, 0.3) is 5.65 Å². The number of hydrogen-bond acceptors (Lipinski definition) is 4. The summed E-state index contributed by atoms with van der Waals surface area (Å²) in [5.41, 5.74) is 0.859. The molecule has 1 atom stereocenters. The molecule has 0 bridgehead atoms. The highest BCUT2D eigenvalue weighted by atomic mass is 127. The number of piperidine rings is 1. The fraction of sp³-hybridized carbons (Fsp3) is 0.562. The molecule has 0 spiro atoms. The molecule has 0 radical (unpaired) electrons. The van der Waals surface area contributed by atoms with Crippen LogP contribution in [0.5, 0.6) is 0 Å². The maximum absolute atomic E-state index is 4.29. The number of aliphatic imine (C=N–C) groups is 1. The average molecular weight is 443 g/mol. The first-order valence-electron chi connectivity index (χ1n) is 8.18. The van der Waals surface area contributed by atoms with Crippen molar-refractivity contribution in [2.24, 2.45) is 10.9 Å². The number of aromatic nitrogens is 3. The van der Waals surface area contributed by atoms with Crippen LogP contribution < -0.4 is 10.6 Å². The van der Waals surface area contributed by atoms with Gasteiger partial charge in [-0.15, -0.1) is 34.2 Å². The molecule has 0 saturated carbocycles. The number of fused-ring (bicyclic) bond motifs is 1. The normalized spacial score (nSPS) is 19.1. The Kier molecular flexibility index (Phi) is 7.22. The van der Waals surface area contributed by atoms with E-state index in [9.17, 15) is 0 Å². The number of halogens is 1. The summed E-state index contributed by atoms with van der Waals surface area (Å²) in [4.78, 5) is 6.69. The molecule has 2 N–H and O–H groups in total. The predicted octanol–water partition coefficient (Wildman–Crippen LogP) is 1.35. The van der Waals surface area contributed by atoms with E-state index in [1.807, 2.05) is 28.8 Å². The molecule has 24 heavy (non-hydrogen) atoms. The van der Waals surface area contributed by atoms with E-state index in [1.54, 1.807) is 7.05 Å². The lowest BCUT2D eigenvalue weighted by Gasteiger charge is -2.30. The van der Waals surface area contributed by atoms with E-state index < -0.39 is 0 Å². The summed E-state index contributed by atoms with van der Waals surface area (Å²) in [5, 5.41) is 15.1. The second kappa shape index (κ2) is 9.16. The minimum Gasteiger partial charge on any atom is -0.356 e. The molecule has 0 aromatic carbocycles. The van der Waals surface area contributed by atoms with Crippen LogP contribution >= 0.6 is 24.0 Å². The molecule has 8 heteroatoms. The Morgan fingerprint density at radius 2 is 2.21 bits per heavy atom.